The lowest BCUT2D eigenvalue weighted by Gasteiger charge is -2.26. The first-order valence-corrected chi connectivity index (χ1v) is 5.92. The molecular formula is C12H21NO3. The summed E-state index contributed by atoms with van der Waals surface area (Å²) in [5.41, 5.74) is -0.411. The summed E-state index contributed by atoms with van der Waals surface area (Å²) in [4.78, 5) is 22.9. The van der Waals surface area contributed by atoms with Crippen molar-refractivity contribution in [1.82, 2.24) is 5.32 Å². The molecule has 4 heteroatoms. The standard InChI is InChI=1S/C12H21NO3/c1-4-12(2,3)11(16)13-9-7-5-6-8(9)10(14)15/h8-9H,4-7H2,1-3H3,(H,13,16)(H,14,15). The molecule has 1 fully saturated rings. The maximum absolute atomic E-state index is 11.9. The lowest BCUT2D eigenvalue weighted by Crippen LogP contribution is -2.45. The van der Waals surface area contributed by atoms with E-state index in [1.807, 2.05) is 20.8 Å². The second-order valence-corrected chi connectivity index (χ2v) is 5.19. The molecule has 0 spiro atoms. The molecule has 0 aliphatic heterocycles. The van der Waals surface area contributed by atoms with Crippen LogP contribution in [0, 0.1) is 11.3 Å². The molecule has 0 aromatic heterocycles. The van der Waals surface area contributed by atoms with Gasteiger partial charge in [-0.3, -0.25) is 9.59 Å². The smallest absolute Gasteiger partial charge is 0.308 e. The molecule has 0 aromatic carbocycles. The average molecular weight is 227 g/mol. The maximum Gasteiger partial charge on any atom is 0.308 e. The zero-order valence-corrected chi connectivity index (χ0v) is 10.2. The number of aliphatic carboxylic acids is 1. The minimum absolute atomic E-state index is 0.0341. The molecule has 0 bridgehead atoms. The Balaban J connectivity index is 2.60. The van der Waals surface area contributed by atoms with Crippen molar-refractivity contribution in [3.63, 3.8) is 0 Å². The highest BCUT2D eigenvalue weighted by molar-refractivity contribution is 5.83. The Bertz CT molecular complexity index is 286. The monoisotopic (exact) mass is 227 g/mol. The number of carboxylic acids is 1. The Hall–Kier alpha value is -1.06. The van der Waals surface area contributed by atoms with E-state index in [-0.39, 0.29) is 11.9 Å². The number of amides is 1. The van der Waals surface area contributed by atoms with E-state index in [1.54, 1.807) is 0 Å². The quantitative estimate of drug-likeness (QED) is 0.769. The van der Waals surface area contributed by atoms with Gasteiger partial charge >= 0.3 is 5.97 Å². The fourth-order valence-corrected chi connectivity index (χ4v) is 1.95. The van der Waals surface area contributed by atoms with Crippen molar-refractivity contribution in [3.8, 4) is 0 Å². The number of carbonyl (C=O) groups is 2. The first-order valence-electron chi connectivity index (χ1n) is 5.92. The SMILES string of the molecule is CCC(C)(C)C(=O)NC1CCCC1C(=O)O. The number of nitrogens with one attached hydrogen (secondary N) is 1. The highest BCUT2D eigenvalue weighted by Crippen LogP contribution is 2.28. The molecule has 0 saturated heterocycles. The van der Waals surface area contributed by atoms with Gasteiger partial charge in [0.25, 0.3) is 0 Å². The van der Waals surface area contributed by atoms with Crippen LogP contribution in [0.4, 0.5) is 0 Å². The van der Waals surface area contributed by atoms with Crippen molar-refractivity contribution in [2.24, 2.45) is 11.3 Å². The van der Waals surface area contributed by atoms with Crippen LogP contribution in [0.3, 0.4) is 0 Å². The van der Waals surface area contributed by atoms with Gasteiger partial charge in [-0.1, -0.05) is 27.2 Å². The summed E-state index contributed by atoms with van der Waals surface area (Å²) in [7, 11) is 0. The first-order chi connectivity index (χ1) is 7.38. The Morgan fingerprint density at radius 1 is 1.38 bits per heavy atom. The Kier molecular flexibility index (Phi) is 3.94. The van der Waals surface area contributed by atoms with Crippen molar-refractivity contribution >= 4 is 11.9 Å². The van der Waals surface area contributed by atoms with Crippen LogP contribution in [0.25, 0.3) is 0 Å². The molecule has 1 aliphatic carbocycles. The highest BCUT2D eigenvalue weighted by atomic mass is 16.4. The minimum atomic E-state index is -0.794. The minimum Gasteiger partial charge on any atom is -0.481 e. The number of hydrogen-bond acceptors (Lipinski definition) is 2. The number of carboxylic acid groups (broad SMARTS) is 1. The summed E-state index contributed by atoms with van der Waals surface area (Å²) in [6.07, 6.45) is 3.09. The highest BCUT2D eigenvalue weighted by Gasteiger charge is 2.36. The van der Waals surface area contributed by atoms with Gasteiger partial charge in [0.15, 0.2) is 0 Å². The predicted octanol–water partition coefficient (Wildman–Crippen LogP) is 1.79. The molecule has 1 aliphatic rings. The van der Waals surface area contributed by atoms with Gasteiger partial charge in [0, 0.05) is 11.5 Å². The second-order valence-electron chi connectivity index (χ2n) is 5.19. The molecule has 2 atom stereocenters. The third-order valence-electron chi connectivity index (χ3n) is 3.65. The van der Waals surface area contributed by atoms with Gasteiger partial charge in [-0.2, -0.15) is 0 Å². The Morgan fingerprint density at radius 2 is 2.00 bits per heavy atom. The fraction of sp³-hybridized carbons (Fsp3) is 0.833. The summed E-state index contributed by atoms with van der Waals surface area (Å²) in [5, 5.41) is 11.9. The molecular weight excluding hydrogens is 206 g/mol. The molecule has 92 valence electrons. The largest absolute Gasteiger partial charge is 0.481 e. The summed E-state index contributed by atoms with van der Waals surface area (Å²) in [6.45, 7) is 5.73. The molecule has 2 N–H and O–H groups in total. The number of rotatable bonds is 4. The van der Waals surface area contributed by atoms with Crippen LogP contribution in [0.15, 0.2) is 0 Å². The fourth-order valence-electron chi connectivity index (χ4n) is 1.95. The van der Waals surface area contributed by atoms with Crippen molar-refractivity contribution in [2.45, 2.75) is 52.5 Å². The van der Waals surface area contributed by atoms with Crippen LogP contribution in [-0.4, -0.2) is 23.0 Å². The molecule has 1 amide bonds. The molecule has 16 heavy (non-hydrogen) atoms. The zero-order chi connectivity index (χ0) is 12.3. The van der Waals surface area contributed by atoms with E-state index in [1.165, 1.54) is 0 Å². The summed E-state index contributed by atoms with van der Waals surface area (Å²) in [5.74, 6) is -1.23. The summed E-state index contributed by atoms with van der Waals surface area (Å²) >= 11 is 0. The third-order valence-corrected chi connectivity index (χ3v) is 3.65. The van der Waals surface area contributed by atoms with Gasteiger partial charge in [0.1, 0.15) is 0 Å². The van der Waals surface area contributed by atoms with Gasteiger partial charge in [0.05, 0.1) is 5.92 Å². The molecule has 2 unspecified atom stereocenters. The summed E-state index contributed by atoms with van der Waals surface area (Å²) < 4.78 is 0. The van der Waals surface area contributed by atoms with E-state index >= 15 is 0 Å². The van der Waals surface area contributed by atoms with E-state index in [2.05, 4.69) is 5.32 Å². The van der Waals surface area contributed by atoms with Crippen molar-refractivity contribution in [3.05, 3.63) is 0 Å². The maximum atomic E-state index is 11.9. The Morgan fingerprint density at radius 3 is 2.50 bits per heavy atom. The van der Waals surface area contributed by atoms with E-state index < -0.39 is 17.3 Å². The normalized spacial score (nSPS) is 25.4. The lowest BCUT2D eigenvalue weighted by molar-refractivity contribution is -0.142. The predicted molar refractivity (Wildman–Crippen MR) is 61.0 cm³/mol. The van der Waals surface area contributed by atoms with Crippen LogP contribution in [0.2, 0.25) is 0 Å². The molecule has 0 heterocycles. The van der Waals surface area contributed by atoms with Crippen LogP contribution < -0.4 is 5.32 Å². The number of carbonyl (C=O) groups excluding carboxylic acids is 1. The van der Waals surface area contributed by atoms with E-state index in [4.69, 9.17) is 5.11 Å². The van der Waals surface area contributed by atoms with Crippen molar-refractivity contribution < 1.29 is 14.7 Å². The van der Waals surface area contributed by atoms with E-state index in [0.717, 1.165) is 19.3 Å². The van der Waals surface area contributed by atoms with Crippen molar-refractivity contribution in [2.75, 3.05) is 0 Å². The van der Waals surface area contributed by atoms with Crippen LogP contribution >= 0.6 is 0 Å². The van der Waals surface area contributed by atoms with Gasteiger partial charge in [0.2, 0.25) is 5.91 Å². The van der Waals surface area contributed by atoms with Crippen LogP contribution in [0.1, 0.15) is 46.5 Å². The van der Waals surface area contributed by atoms with Crippen molar-refractivity contribution in [1.29, 1.82) is 0 Å². The van der Waals surface area contributed by atoms with Gasteiger partial charge < -0.3 is 10.4 Å². The second kappa shape index (κ2) is 4.85. The first kappa shape index (κ1) is 13.0. The van der Waals surface area contributed by atoms with Gasteiger partial charge in [-0.25, -0.2) is 0 Å². The van der Waals surface area contributed by atoms with Crippen LogP contribution in [-0.2, 0) is 9.59 Å². The Labute approximate surface area is 96.4 Å². The lowest BCUT2D eigenvalue weighted by atomic mass is 9.88. The molecule has 0 aromatic rings. The molecule has 0 radical (unpaired) electrons. The van der Waals surface area contributed by atoms with E-state index in [0.29, 0.717) is 6.42 Å². The van der Waals surface area contributed by atoms with E-state index in [9.17, 15) is 9.59 Å². The topological polar surface area (TPSA) is 66.4 Å². The number of hydrogen-bond donors (Lipinski definition) is 2. The zero-order valence-electron chi connectivity index (χ0n) is 10.2. The van der Waals surface area contributed by atoms with Gasteiger partial charge in [-0.05, 0) is 19.3 Å². The average Bonchev–Trinajstić information content (AvgIpc) is 2.65. The summed E-state index contributed by atoms with van der Waals surface area (Å²) in [6, 6.07) is -0.184. The van der Waals surface area contributed by atoms with Crippen LogP contribution in [0.5, 0.6) is 0 Å². The molecule has 4 nitrogen and oxygen atoms in total. The third kappa shape index (κ3) is 2.74. The molecule has 1 rings (SSSR count). The van der Waals surface area contributed by atoms with Gasteiger partial charge in [-0.15, -0.1) is 0 Å². The molecule has 1 saturated carbocycles.